The summed E-state index contributed by atoms with van der Waals surface area (Å²) in [7, 11) is 0. The van der Waals surface area contributed by atoms with Crippen molar-refractivity contribution < 1.29 is 39.2 Å². The second kappa shape index (κ2) is 6.38. The Morgan fingerprint density at radius 2 is 1.28 bits per heavy atom. The molecule has 0 unspecified atom stereocenters. The second-order valence-electron chi connectivity index (χ2n) is 3.52. The van der Waals surface area contributed by atoms with Crippen LogP contribution in [0.4, 0.5) is 0 Å². The van der Waals surface area contributed by atoms with Crippen LogP contribution in [0.1, 0.15) is 19.3 Å². The van der Waals surface area contributed by atoms with Crippen molar-refractivity contribution in [3.8, 4) is 0 Å². The highest BCUT2D eigenvalue weighted by atomic mass is 16.6. The smallest absolute Gasteiger partial charge is 0.330 e. The zero-order valence-electron chi connectivity index (χ0n) is 9.29. The molecule has 0 atom stereocenters. The van der Waals surface area contributed by atoms with Crippen molar-refractivity contribution in [2.75, 3.05) is 0 Å². The van der Waals surface area contributed by atoms with Gasteiger partial charge in [0.2, 0.25) is 0 Å². The van der Waals surface area contributed by atoms with Gasteiger partial charge in [0.1, 0.15) is 5.60 Å². The third-order valence-electron chi connectivity index (χ3n) is 1.90. The van der Waals surface area contributed by atoms with Gasteiger partial charge in [0.25, 0.3) is 0 Å². The Hall–Kier alpha value is -2.38. The number of ether oxygens (including phenoxy) is 1. The quantitative estimate of drug-likeness (QED) is 0.405. The van der Waals surface area contributed by atoms with E-state index in [0.29, 0.717) is 6.08 Å². The van der Waals surface area contributed by atoms with E-state index < -0.39 is 48.7 Å². The minimum Gasteiger partial charge on any atom is -0.481 e. The van der Waals surface area contributed by atoms with Crippen LogP contribution in [0.2, 0.25) is 0 Å². The lowest BCUT2D eigenvalue weighted by atomic mass is 9.91. The van der Waals surface area contributed by atoms with E-state index in [9.17, 15) is 19.2 Å². The molecule has 0 aliphatic heterocycles. The highest BCUT2D eigenvalue weighted by Crippen LogP contribution is 2.26. The maximum absolute atomic E-state index is 11.1. The van der Waals surface area contributed by atoms with Crippen molar-refractivity contribution in [2.24, 2.45) is 0 Å². The Labute approximate surface area is 101 Å². The Morgan fingerprint density at radius 1 is 0.944 bits per heavy atom. The molecule has 0 saturated carbocycles. The Balaban J connectivity index is 5.27. The van der Waals surface area contributed by atoms with Crippen LogP contribution in [0.15, 0.2) is 12.7 Å². The third kappa shape index (κ3) is 5.64. The molecule has 3 N–H and O–H groups in total. The lowest BCUT2D eigenvalue weighted by Crippen LogP contribution is -2.41. The van der Waals surface area contributed by atoms with Crippen molar-refractivity contribution in [3.63, 3.8) is 0 Å². The molecular weight excluding hydrogens is 248 g/mol. The van der Waals surface area contributed by atoms with Gasteiger partial charge in [-0.2, -0.15) is 0 Å². The highest BCUT2D eigenvalue weighted by Gasteiger charge is 2.41. The normalized spacial score (nSPS) is 10.4. The van der Waals surface area contributed by atoms with Gasteiger partial charge in [-0.25, -0.2) is 4.79 Å². The van der Waals surface area contributed by atoms with E-state index in [1.165, 1.54) is 0 Å². The van der Waals surface area contributed by atoms with E-state index in [4.69, 9.17) is 15.3 Å². The van der Waals surface area contributed by atoms with Gasteiger partial charge in [-0.05, 0) is 0 Å². The van der Waals surface area contributed by atoms with Gasteiger partial charge < -0.3 is 20.1 Å². The van der Waals surface area contributed by atoms with Crippen LogP contribution < -0.4 is 0 Å². The predicted octanol–water partition coefficient (Wildman–Crippen LogP) is -0.122. The minimum absolute atomic E-state index is 0.695. The molecule has 0 amide bonds. The second-order valence-corrected chi connectivity index (χ2v) is 3.52. The zero-order valence-corrected chi connectivity index (χ0v) is 9.29. The summed E-state index contributed by atoms with van der Waals surface area (Å²) in [6.07, 6.45) is -2.08. The Bertz CT molecular complexity index is 343. The summed E-state index contributed by atoms with van der Waals surface area (Å²) < 4.78 is 4.62. The molecule has 8 nitrogen and oxygen atoms in total. The fourth-order valence-corrected chi connectivity index (χ4v) is 1.38. The first kappa shape index (κ1) is 15.6. The SMILES string of the molecule is C=CC(=O)OC(CC(=O)O)(CC(=O)O)CC(=O)O. The number of hydrogen-bond donors (Lipinski definition) is 3. The number of carbonyl (C=O) groups is 4. The van der Waals surface area contributed by atoms with E-state index in [1.807, 2.05) is 0 Å². The molecule has 0 aromatic carbocycles. The van der Waals surface area contributed by atoms with Crippen molar-refractivity contribution in [2.45, 2.75) is 24.9 Å². The first-order valence-corrected chi connectivity index (χ1v) is 4.71. The average molecular weight is 260 g/mol. The maximum atomic E-state index is 11.1. The van der Waals surface area contributed by atoms with Crippen LogP contribution in [0.5, 0.6) is 0 Å². The lowest BCUT2D eigenvalue weighted by Gasteiger charge is -2.28. The van der Waals surface area contributed by atoms with Crippen molar-refractivity contribution in [3.05, 3.63) is 12.7 Å². The molecule has 0 saturated heterocycles. The van der Waals surface area contributed by atoms with Crippen LogP contribution >= 0.6 is 0 Å². The molecule has 18 heavy (non-hydrogen) atoms. The van der Waals surface area contributed by atoms with Crippen LogP contribution in [-0.4, -0.2) is 44.8 Å². The standard InChI is InChI=1S/C10H12O8/c1-2-9(17)18-10(3-6(11)12,4-7(13)14)5-8(15)16/h2H,1,3-5H2,(H,11,12)(H,13,14)(H,15,16). The van der Waals surface area contributed by atoms with Crippen molar-refractivity contribution >= 4 is 23.9 Å². The van der Waals surface area contributed by atoms with E-state index in [0.717, 1.165) is 0 Å². The summed E-state index contributed by atoms with van der Waals surface area (Å²) in [6, 6.07) is 0. The molecule has 0 aliphatic rings. The number of carbonyl (C=O) groups excluding carboxylic acids is 1. The summed E-state index contributed by atoms with van der Waals surface area (Å²) in [5.41, 5.74) is -2.13. The summed E-state index contributed by atoms with van der Waals surface area (Å²) in [5.74, 6) is -5.52. The number of esters is 1. The summed E-state index contributed by atoms with van der Waals surface area (Å²) in [5, 5.41) is 26.0. The Morgan fingerprint density at radius 3 is 1.50 bits per heavy atom. The molecule has 0 fully saturated rings. The molecular formula is C10H12O8. The molecule has 0 aliphatic carbocycles. The number of carboxylic acid groups (broad SMARTS) is 3. The van der Waals surface area contributed by atoms with Gasteiger partial charge in [0.15, 0.2) is 0 Å². The molecule has 0 heterocycles. The molecule has 8 heteroatoms. The van der Waals surface area contributed by atoms with Gasteiger partial charge >= 0.3 is 23.9 Å². The molecule has 0 aromatic heterocycles. The highest BCUT2D eigenvalue weighted by molar-refractivity contribution is 5.84. The number of aliphatic carboxylic acids is 3. The summed E-state index contributed by atoms with van der Waals surface area (Å²) in [6.45, 7) is 3.07. The molecule has 0 aromatic rings. The first-order valence-electron chi connectivity index (χ1n) is 4.71. The number of carboxylic acids is 3. The van der Waals surface area contributed by atoms with E-state index in [-0.39, 0.29) is 0 Å². The van der Waals surface area contributed by atoms with Gasteiger partial charge in [-0.3, -0.25) is 14.4 Å². The molecule has 100 valence electrons. The van der Waals surface area contributed by atoms with Gasteiger partial charge in [0.05, 0.1) is 19.3 Å². The fourth-order valence-electron chi connectivity index (χ4n) is 1.38. The summed E-state index contributed by atoms with van der Waals surface area (Å²) >= 11 is 0. The average Bonchev–Trinajstić information content (AvgIpc) is 2.12. The molecule has 0 bridgehead atoms. The monoisotopic (exact) mass is 260 g/mol. The maximum Gasteiger partial charge on any atom is 0.330 e. The van der Waals surface area contributed by atoms with E-state index >= 15 is 0 Å². The summed E-state index contributed by atoms with van der Waals surface area (Å²) in [4.78, 5) is 43.0. The zero-order chi connectivity index (χ0) is 14.3. The first-order chi connectivity index (χ1) is 8.20. The number of hydrogen-bond acceptors (Lipinski definition) is 5. The van der Waals surface area contributed by atoms with Crippen LogP contribution in [0.25, 0.3) is 0 Å². The fraction of sp³-hybridized carbons (Fsp3) is 0.400. The number of rotatable bonds is 8. The van der Waals surface area contributed by atoms with E-state index in [1.54, 1.807) is 0 Å². The van der Waals surface area contributed by atoms with Gasteiger partial charge in [-0.1, -0.05) is 6.58 Å². The topological polar surface area (TPSA) is 138 Å². The molecule has 0 spiro atoms. The molecule has 0 radical (unpaired) electrons. The molecule has 0 rings (SSSR count). The largest absolute Gasteiger partial charge is 0.481 e. The van der Waals surface area contributed by atoms with E-state index in [2.05, 4.69) is 11.3 Å². The van der Waals surface area contributed by atoms with Gasteiger partial charge in [-0.15, -0.1) is 0 Å². The predicted molar refractivity (Wildman–Crippen MR) is 55.8 cm³/mol. The van der Waals surface area contributed by atoms with Crippen LogP contribution in [-0.2, 0) is 23.9 Å². The van der Waals surface area contributed by atoms with Crippen molar-refractivity contribution in [1.82, 2.24) is 0 Å². The van der Waals surface area contributed by atoms with Gasteiger partial charge in [0, 0.05) is 6.08 Å². The minimum atomic E-state index is -2.13. The van der Waals surface area contributed by atoms with Crippen LogP contribution in [0.3, 0.4) is 0 Å². The Kier molecular flexibility index (Phi) is 5.54. The van der Waals surface area contributed by atoms with Crippen LogP contribution in [0, 0.1) is 0 Å². The third-order valence-corrected chi connectivity index (χ3v) is 1.90. The lowest BCUT2D eigenvalue weighted by molar-refractivity contribution is -0.169. The van der Waals surface area contributed by atoms with Crippen molar-refractivity contribution in [1.29, 1.82) is 0 Å².